The molecular weight excluding hydrogens is 490 g/mol. The molecule has 0 aliphatic carbocycles. The van der Waals surface area contributed by atoms with Crippen molar-refractivity contribution in [2.45, 2.75) is 65.2 Å². The van der Waals surface area contributed by atoms with Gasteiger partial charge in [0, 0.05) is 43.7 Å². The zero-order valence-corrected chi connectivity index (χ0v) is 22.8. The van der Waals surface area contributed by atoms with Crippen LogP contribution in [0.3, 0.4) is 0 Å². The largest absolute Gasteiger partial charge is 0.341 e. The van der Waals surface area contributed by atoms with Crippen molar-refractivity contribution >= 4 is 28.5 Å². The van der Waals surface area contributed by atoms with E-state index in [1.54, 1.807) is 4.57 Å². The zero-order valence-electron chi connectivity index (χ0n) is 22.8. The SMILES string of the molecule is CCn1c(N2CCCC(N)C2)nc2c1c(=O)n(CC1=Nc3ccccc3Cc3ccccc31)c(=O)n2C(C)C. The number of hydrogen-bond acceptors (Lipinski definition) is 6. The molecule has 0 spiro atoms. The standard InChI is InChI=1S/C30H35N7O2/c1-4-35-26-27(33-29(35)34-15-9-12-22(31)17-34)37(19(2)3)30(39)36(28(26)38)18-25-23-13-7-5-10-20(23)16-21-11-6-8-14-24(21)32-25/h5-8,10-11,13-14,19,22H,4,9,12,15-18,31H2,1-3H3. The van der Waals surface area contributed by atoms with Crippen LogP contribution in [0.25, 0.3) is 11.2 Å². The van der Waals surface area contributed by atoms with E-state index in [-0.39, 0.29) is 29.9 Å². The van der Waals surface area contributed by atoms with Gasteiger partial charge in [-0.15, -0.1) is 0 Å². The molecule has 0 amide bonds. The van der Waals surface area contributed by atoms with Gasteiger partial charge >= 0.3 is 5.69 Å². The van der Waals surface area contributed by atoms with Gasteiger partial charge in [-0.1, -0.05) is 42.5 Å². The van der Waals surface area contributed by atoms with Gasteiger partial charge in [-0.2, -0.15) is 4.98 Å². The number of fused-ring (bicyclic) bond motifs is 3. The summed E-state index contributed by atoms with van der Waals surface area (Å²) in [5, 5.41) is 0. The number of rotatable bonds is 5. The highest BCUT2D eigenvalue weighted by Crippen LogP contribution is 2.29. The lowest BCUT2D eigenvalue weighted by atomic mass is 9.98. The minimum Gasteiger partial charge on any atom is -0.341 e. The number of hydrogen-bond donors (Lipinski definition) is 1. The maximum atomic E-state index is 14.2. The van der Waals surface area contributed by atoms with Gasteiger partial charge in [-0.3, -0.25) is 18.9 Å². The van der Waals surface area contributed by atoms with Gasteiger partial charge in [-0.25, -0.2) is 4.79 Å². The van der Waals surface area contributed by atoms with E-state index in [2.05, 4.69) is 17.0 Å². The molecule has 0 radical (unpaired) electrons. The molecule has 1 saturated heterocycles. The molecule has 9 nitrogen and oxygen atoms in total. The molecule has 202 valence electrons. The van der Waals surface area contributed by atoms with Gasteiger partial charge in [-0.05, 0) is 50.8 Å². The van der Waals surface area contributed by atoms with E-state index in [4.69, 9.17) is 15.7 Å². The summed E-state index contributed by atoms with van der Waals surface area (Å²) in [7, 11) is 0. The van der Waals surface area contributed by atoms with E-state index in [1.165, 1.54) is 4.57 Å². The molecule has 1 fully saturated rings. The number of piperidine rings is 1. The lowest BCUT2D eigenvalue weighted by Crippen LogP contribution is -2.44. The van der Waals surface area contributed by atoms with Crippen LogP contribution in [0.5, 0.6) is 0 Å². The van der Waals surface area contributed by atoms with Crippen LogP contribution in [0.15, 0.2) is 63.1 Å². The van der Waals surface area contributed by atoms with Crippen molar-refractivity contribution in [2.75, 3.05) is 18.0 Å². The molecule has 1 atom stereocenters. The molecular formula is C30H35N7O2. The number of aliphatic imine (C=N–C) groups is 1. The average Bonchev–Trinajstić information content (AvgIpc) is 3.22. The van der Waals surface area contributed by atoms with E-state index in [1.807, 2.05) is 61.7 Å². The number of nitrogens with two attached hydrogens (primary N) is 1. The van der Waals surface area contributed by atoms with Gasteiger partial charge in [0.1, 0.15) is 0 Å². The molecule has 2 aliphatic rings. The van der Waals surface area contributed by atoms with Crippen LogP contribution in [-0.2, 0) is 19.5 Å². The predicted octanol–water partition coefficient (Wildman–Crippen LogP) is 3.61. The van der Waals surface area contributed by atoms with E-state index in [0.29, 0.717) is 35.9 Å². The number of benzene rings is 2. The number of anilines is 1. The van der Waals surface area contributed by atoms with Crippen molar-refractivity contribution in [3.63, 3.8) is 0 Å². The highest BCUT2D eigenvalue weighted by atomic mass is 16.2. The zero-order chi connectivity index (χ0) is 27.3. The topological polar surface area (TPSA) is 103 Å². The predicted molar refractivity (Wildman–Crippen MR) is 156 cm³/mol. The summed E-state index contributed by atoms with van der Waals surface area (Å²) in [5.41, 5.74) is 11.2. The number of para-hydroxylation sites is 1. The fourth-order valence-electron chi connectivity index (χ4n) is 5.99. The van der Waals surface area contributed by atoms with Crippen LogP contribution in [0.4, 0.5) is 11.6 Å². The Balaban J connectivity index is 1.57. The lowest BCUT2D eigenvalue weighted by Gasteiger charge is -2.31. The average molecular weight is 526 g/mol. The Morgan fingerprint density at radius 2 is 1.77 bits per heavy atom. The summed E-state index contributed by atoms with van der Waals surface area (Å²) in [6, 6.07) is 16.0. The quantitative estimate of drug-likeness (QED) is 0.429. The molecule has 0 saturated carbocycles. The van der Waals surface area contributed by atoms with Crippen LogP contribution >= 0.6 is 0 Å². The third-order valence-electron chi connectivity index (χ3n) is 7.88. The van der Waals surface area contributed by atoms with Gasteiger partial charge in [0.25, 0.3) is 5.56 Å². The molecule has 2 aromatic heterocycles. The summed E-state index contributed by atoms with van der Waals surface area (Å²) < 4.78 is 4.93. The molecule has 2 aromatic carbocycles. The van der Waals surface area contributed by atoms with Crippen LogP contribution in [0.1, 0.15) is 56.3 Å². The van der Waals surface area contributed by atoms with Crippen molar-refractivity contribution in [2.24, 2.45) is 10.7 Å². The fraction of sp³-hybridized carbons (Fsp3) is 0.400. The molecule has 0 bridgehead atoms. The Bertz CT molecular complexity index is 1710. The molecule has 9 heteroatoms. The molecule has 4 heterocycles. The molecule has 2 aliphatic heterocycles. The molecule has 4 aromatic rings. The van der Waals surface area contributed by atoms with Crippen molar-refractivity contribution in [1.82, 2.24) is 18.7 Å². The molecule has 1 unspecified atom stereocenters. The monoisotopic (exact) mass is 525 g/mol. The van der Waals surface area contributed by atoms with Gasteiger partial charge in [0.2, 0.25) is 5.95 Å². The van der Waals surface area contributed by atoms with E-state index in [0.717, 1.165) is 48.2 Å². The van der Waals surface area contributed by atoms with Crippen molar-refractivity contribution in [3.05, 3.63) is 86.1 Å². The Morgan fingerprint density at radius 3 is 2.51 bits per heavy atom. The van der Waals surface area contributed by atoms with Gasteiger partial charge < -0.3 is 15.2 Å². The smallest absolute Gasteiger partial charge is 0.333 e. The van der Waals surface area contributed by atoms with E-state index in [9.17, 15) is 9.59 Å². The number of aromatic nitrogens is 4. The summed E-state index contributed by atoms with van der Waals surface area (Å²) in [6.45, 7) is 8.04. The summed E-state index contributed by atoms with van der Waals surface area (Å²) in [5.74, 6) is 0.706. The first-order valence-corrected chi connectivity index (χ1v) is 13.9. The lowest BCUT2D eigenvalue weighted by molar-refractivity contribution is 0.494. The highest BCUT2D eigenvalue weighted by molar-refractivity contribution is 6.04. The second-order valence-corrected chi connectivity index (χ2v) is 10.8. The number of imidazole rings is 1. The maximum absolute atomic E-state index is 14.2. The Kier molecular flexibility index (Phi) is 6.46. The van der Waals surface area contributed by atoms with Crippen molar-refractivity contribution < 1.29 is 0 Å². The first-order valence-electron chi connectivity index (χ1n) is 13.9. The number of nitrogens with zero attached hydrogens (tertiary/aromatic N) is 6. The first kappa shape index (κ1) is 25.3. The summed E-state index contributed by atoms with van der Waals surface area (Å²) in [4.78, 5) is 40.2. The minimum absolute atomic E-state index is 0.0593. The molecule has 6 rings (SSSR count). The fourth-order valence-corrected chi connectivity index (χ4v) is 5.99. The summed E-state index contributed by atoms with van der Waals surface area (Å²) in [6.07, 6.45) is 2.68. The maximum Gasteiger partial charge on any atom is 0.333 e. The number of aryl methyl sites for hydroxylation is 1. The Hall–Kier alpha value is -3.98. The minimum atomic E-state index is -0.372. The first-order chi connectivity index (χ1) is 18.9. The second kappa shape index (κ2) is 9.96. The third kappa shape index (κ3) is 4.30. The van der Waals surface area contributed by atoms with E-state index >= 15 is 0 Å². The van der Waals surface area contributed by atoms with Crippen LogP contribution < -0.4 is 21.9 Å². The van der Waals surface area contributed by atoms with Crippen LogP contribution in [-0.4, -0.2) is 43.5 Å². The van der Waals surface area contributed by atoms with E-state index < -0.39 is 0 Å². The van der Waals surface area contributed by atoms with Crippen molar-refractivity contribution in [3.8, 4) is 0 Å². The molecule has 2 N–H and O–H groups in total. The Labute approximate surface area is 227 Å². The van der Waals surface area contributed by atoms with Crippen LogP contribution in [0.2, 0.25) is 0 Å². The summed E-state index contributed by atoms with van der Waals surface area (Å²) >= 11 is 0. The van der Waals surface area contributed by atoms with Gasteiger partial charge in [0.05, 0.1) is 17.9 Å². The van der Waals surface area contributed by atoms with Gasteiger partial charge in [0.15, 0.2) is 11.2 Å². The normalized spacial score (nSPS) is 17.2. The molecule has 39 heavy (non-hydrogen) atoms. The third-order valence-corrected chi connectivity index (χ3v) is 7.88. The van der Waals surface area contributed by atoms with Crippen molar-refractivity contribution in [1.29, 1.82) is 0 Å². The van der Waals surface area contributed by atoms with Crippen LogP contribution in [0, 0.1) is 0 Å². The highest BCUT2D eigenvalue weighted by Gasteiger charge is 2.28. The second-order valence-electron chi connectivity index (χ2n) is 10.8. The Morgan fingerprint density at radius 1 is 1.03 bits per heavy atom.